The van der Waals surface area contributed by atoms with Crippen LogP contribution in [0, 0.1) is 0 Å². The predicted molar refractivity (Wildman–Crippen MR) is 103 cm³/mol. The molecule has 1 aliphatic heterocycles. The van der Waals surface area contributed by atoms with Gasteiger partial charge in [0, 0.05) is 25.2 Å². The van der Waals surface area contributed by atoms with Crippen molar-refractivity contribution >= 4 is 26.7 Å². The highest BCUT2D eigenvalue weighted by Gasteiger charge is 2.34. The van der Waals surface area contributed by atoms with E-state index in [9.17, 15) is 0 Å². The van der Waals surface area contributed by atoms with Crippen molar-refractivity contribution in [3.8, 4) is 5.75 Å². The van der Waals surface area contributed by atoms with E-state index in [0.717, 1.165) is 49.0 Å². The molecule has 25 heavy (non-hydrogen) atoms. The lowest BCUT2D eigenvalue weighted by Crippen LogP contribution is -2.40. The van der Waals surface area contributed by atoms with Crippen LogP contribution in [0.3, 0.4) is 0 Å². The lowest BCUT2D eigenvalue weighted by atomic mass is 9.74. The zero-order valence-electron chi connectivity index (χ0n) is 14.3. The molecule has 0 unspecified atom stereocenters. The third kappa shape index (κ3) is 3.34. The number of methoxy groups -OCH3 is 1. The van der Waals surface area contributed by atoms with Gasteiger partial charge in [0.2, 0.25) is 0 Å². The second-order valence-corrected chi connectivity index (χ2v) is 7.49. The highest BCUT2D eigenvalue weighted by molar-refractivity contribution is 7.22. The lowest BCUT2D eigenvalue weighted by Gasteiger charge is -2.38. The summed E-state index contributed by atoms with van der Waals surface area (Å²) in [7, 11) is 1.70. The first-order valence-electron chi connectivity index (χ1n) is 8.61. The van der Waals surface area contributed by atoms with Gasteiger partial charge in [-0.05, 0) is 42.7 Å². The van der Waals surface area contributed by atoms with Gasteiger partial charge in [0.05, 0.1) is 17.3 Å². The van der Waals surface area contributed by atoms with Crippen LogP contribution in [0.25, 0.3) is 10.2 Å². The van der Waals surface area contributed by atoms with Crippen LogP contribution in [0.4, 0.5) is 5.13 Å². The smallest absolute Gasteiger partial charge is 0.183 e. The van der Waals surface area contributed by atoms with Crippen LogP contribution in [0.2, 0.25) is 0 Å². The Kier molecular flexibility index (Phi) is 4.59. The highest BCUT2D eigenvalue weighted by Crippen LogP contribution is 2.36. The molecule has 130 valence electrons. The van der Waals surface area contributed by atoms with E-state index in [1.54, 1.807) is 18.4 Å². The summed E-state index contributed by atoms with van der Waals surface area (Å²) in [5.74, 6) is 0.894. The molecule has 0 spiro atoms. The number of fused-ring (bicyclic) bond motifs is 1. The first kappa shape index (κ1) is 16.4. The minimum atomic E-state index is 0.0718. The van der Waals surface area contributed by atoms with Crippen molar-refractivity contribution in [1.82, 2.24) is 4.98 Å². The summed E-state index contributed by atoms with van der Waals surface area (Å²) in [5.41, 5.74) is 2.47. The number of nitrogens with one attached hydrogen (secondary N) is 1. The average molecular weight is 354 g/mol. The van der Waals surface area contributed by atoms with E-state index in [1.165, 1.54) is 10.3 Å². The van der Waals surface area contributed by atoms with Gasteiger partial charge in [-0.2, -0.15) is 0 Å². The lowest BCUT2D eigenvalue weighted by molar-refractivity contribution is 0.0544. The summed E-state index contributed by atoms with van der Waals surface area (Å²) in [6, 6.07) is 16.7. The summed E-state index contributed by atoms with van der Waals surface area (Å²) in [5, 5.41) is 4.58. The number of nitrogens with zero attached hydrogens (tertiary/aromatic N) is 1. The molecule has 0 amide bonds. The number of thiazole rings is 1. The number of benzene rings is 2. The van der Waals surface area contributed by atoms with Gasteiger partial charge in [0.1, 0.15) is 5.75 Å². The Morgan fingerprint density at radius 2 is 1.88 bits per heavy atom. The highest BCUT2D eigenvalue weighted by atomic mass is 32.1. The first-order valence-corrected chi connectivity index (χ1v) is 9.42. The molecule has 1 fully saturated rings. The zero-order chi connectivity index (χ0) is 17.1. The van der Waals surface area contributed by atoms with E-state index >= 15 is 0 Å². The van der Waals surface area contributed by atoms with Crippen molar-refractivity contribution in [1.29, 1.82) is 0 Å². The number of rotatable bonds is 5. The topological polar surface area (TPSA) is 43.4 Å². The van der Waals surface area contributed by atoms with E-state index in [0.29, 0.717) is 0 Å². The van der Waals surface area contributed by atoms with E-state index in [2.05, 4.69) is 35.6 Å². The third-order valence-electron chi connectivity index (χ3n) is 5.02. The monoisotopic (exact) mass is 354 g/mol. The molecule has 3 aromatic rings. The van der Waals surface area contributed by atoms with Gasteiger partial charge < -0.3 is 14.8 Å². The molecule has 1 aliphatic rings. The maximum absolute atomic E-state index is 5.63. The van der Waals surface area contributed by atoms with E-state index in [1.807, 2.05) is 18.2 Å². The SMILES string of the molecule is COc1ccc(C2(CNc3nc4ccccc4s3)CCOCC2)cc1. The molecule has 0 atom stereocenters. The van der Waals surface area contributed by atoms with Crippen molar-refractivity contribution in [2.75, 3.05) is 32.2 Å². The Bertz CT molecular complexity index is 805. The third-order valence-corrected chi connectivity index (χ3v) is 6.02. The fraction of sp³-hybridized carbons (Fsp3) is 0.350. The second-order valence-electron chi connectivity index (χ2n) is 6.46. The van der Waals surface area contributed by atoms with Crippen LogP contribution in [-0.4, -0.2) is 31.9 Å². The molecule has 0 aliphatic carbocycles. The Morgan fingerprint density at radius 3 is 2.60 bits per heavy atom. The molecule has 0 bridgehead atoms. The first-order chi connectivity index (χ1) is 12.3. The molecule has 1 aromatic heterocycles. The Balaban J connectivity index is 1.57. The standard InChI is InChI=1S/C20H22N2O2S/c1-23-16-8-6-15(7-9-16)20(10-12-24-13-11-20)14-21-19-22-17-4-2-3-5-18(17)25-19/h2-9H,10-14H2,1H3,(H,21,22). The fourth-order valence-electron chi connectivity index (χ4n) is 3.47. The van der Waals surface area contributed by atoms with Gasteiger partial charge in [0.25, 0.3) is 0 Å². The van der Waals surface area contributed by atoms with E-state index in [-0.39, 0.29) is 5.41 Å². The molecule has 1 saturated heterocycles. The van der Waals surface area contributed by atoms with E-state index in [4.69, 9.17) is 14.5 Å². The molecule has 0 saturated carbocycles. The summed E-state index contributed by atoms with van der Waals surface area (Å²) < 4.78 is 12.1. The van der Waals surface area contributed by atoms with Crippen molar-refractivity contribution < 1.29 is 9.47 Å². The number of anilines is 1. The van der Waals surface area contributed by atoms with Crippen molar-refractivity contribution in [2.45, 2.75) is 18.3 Å². The van der Waals surface area contributed by atoms with Gasteiger partial charge in [-0.1, -0.05) is 35.6 Å². The number of hydrogen-bond acceptors (Lipinski definition) is 5. The normalized spacial score (nSPS) is 16.7. The molecule has 2 aromatic carbocycles. The van der Waals surface area contributed by atoms with Gasteiger partial charge in [0.15, 0.2) is 5.13 Å². The number of hydrogen-bond donors (Lipinski definition) is 1. The molecule has 4 rings (SSSR count). The maximum atomic E-state index is 5.63. The summed E-state index contributed by atoms with van der Waals surface area (Å²) in [6.45, 7) is 2.46. The van der Waals surface area contributed by atoms with Crippen LogP contribution in [0.1, 0.15) is 18.4 Å². The second kappa shape index (κ2) is 7.02. The van der Waals surface area contributed by atoms with Crippen molar-refractivity contribution in [3.63, 3.8) is 0 Å². The maximum Gasteiger partial charge on any atom is 0.183 e. The summed E-state index contributed by atoms with van der Waals surface area (Å²) in [4.78, 5) is 4.71. The van der Waals surface area contributed by atoms with Crippen LogP contribution in [0.15, 0.2) is 48.5 Å². The quantitative estimate of drug-likeness (QED) is 0.734. The molecule has 0 radical (unpaired) electrons. The average Bonchev–Trinajstić information content (AvgIpc) is 3.10. The van der Waals surface area contributed by atoms with Crippen LogP contribution in [0.5, 0.6) is 5.75 Å². The molecule has 5 heteroatoms. The summed E-state index contributed by atoms with van der Waals surface area (Å²) >= 11 is 1.71. The minimum absolute atomic E-state index is 0.0718. The van der Waals surface area contributed by atoms with Crippen molar-refractivity contribution in [2.24, 2.45) is 0 Å². The fourth-order valence-corrected chi connectivity index (χ4v) is 4.33. The van der Waals surface area contributed by atoms with Gasteiger partial charge in [-0.3, -0.25) is 0 Å². The largest absolute Gasteiger partial charge is 0.497 e. The van der Waals surface area contributed by atoms with Crippen LogP contribution < -0.4 is 10.1 Å². The predicted octanol–water partition coefficient (Wildman–Crippen LogP) is 4.47. The molecule has 1 N–H and O–H groups in total. The van der Waals surface area contributed by atoms with Gasteiger partial charge >= 0.3 is 0 Å². The Labute approximate surface area is 151 Å². The number of aromatic nitrogens is 1. The van der Waals surface area contributed by atoms with Crippen molar-refractivity contribution in [3.05, 3.63) is 54.1 Å². The molecule has 4 nitrogen and oxygen atoms in total. The Morgan fingerprint density at radius 1 is 1.12 bits per heavy atom. The number of para-hydroxylation sites is 1. The number of ether oxygens (including phenoxy) is 2. The van der Waals surface area contributed by atoms with Crippen LogP contribution >= 0.6 is 11.3 Å². The van der Waals surface area contributed by atoms with Crippen LogP contribution in [-0.2, 0) is 10.2 Å². The molecular formula is C20H22N2O2S. The van der Waals surface area contributed by atoms with Gasteiger partial charge in [-0.15, -0.1) is 0 Å². The Hall–Kier alpha value is -2.11. The molecule has 2 heterocycles. The molecular weight excluding hydrogens is 332 g/mol. The zero-order valence-corrected chi connectivity index (χ0v) is 15.1. The van der Waals surface area contributed by atoms with Gasteiger partial charge in [-0.25, -0.2) is 4.98 Å². The summed E-state index contributed by atoms with van der Waals surface area (Å²) in [6.07, 6.45) is 2.02. The minimum Gasteiger partial charge on any atom is -0.497 e. The van der Waals surface area contributed by atoms with E-state index < -0.39 is 0 Å².